The van der Waals surface area contributed by atoms with Crippen LogP contribution in [-0.4, -0.2) is 34.6 Å². The van der Waals surface area contributed by atoms with Gasteiger partial charge in [-0.25, -0.2) is 9.78 Å². The van der Waals surface area contributed by atoms with Gasteiger partial charge in [-0.2, -0.15) is 0 Å². The van der Waals surface area contributed by atoms with Crippen molar-refractivity contribution in [2.24, 2.45) is 0 Å². The summed E-state index contributed by atoms with van der Waals surface area (Å²) in [5, 5.41) is 2.57. The maximum absolute atomic E-state index is 11.6. The number of rotatable bonds is 5. The Labute approximate surface area is 106 Å². The highest BCUT2D eigenvalue weighted by Crippen LogP contribution is 2.12. The van der Waals surface area contributed by atoms with Crippen LogP contribution < -0.4 is 5.32 Å². The average molecular weight is 253 g/mol. The lowest BCUT2D eigenvalue weighted by atomic mass is 10.2. The molecule has 0 saturated carbocycles. The Balaban J connectivity index is 2.85. The second-order valence-electron chi connectivity index (χ2n) is 4.37. The van der Waals surface area contributed by atoms with Gasteiger partial charge in [0.15, 0.2) is 0 Å². The van der Waals surface area contributed by atoms with Gasteiger partial charge in [0.2, 0.25) is 5.91 Å². The zero-order chi connectivity index (χ0) is 13.7. The Kier molecular flexibility index (Phi) is 4.88. The Bertz CT molecular complexity index is 426. The van der Waals surface area contributed by atoms with Crippen LogP contribution in [0.5, 0.6) is 0 Å². The smallest absolute Gasteiger partial charge is 0.330 e. The first-order valence-corrected chi connectivity index (χ1v) is 5.81. The van der Waals surface area contributed by atoms with Crippen molar-refractivity contribution < 1.29 is 14.3 Å². The molecule has 6 heteroatoms. The van der Waals surface area contributed by atoms with Crippen LogP contribution in [0.3, 0.4) is 0 Å². The largest absolute Gasteiger partial charge is 0.467 e. The third-order valence-corrected chi connectivity index (χ3v) is 2.51. The van der Waals surface area contributed by atoms with E-state index >= 15 is 0 Å². The number of carbonyl (C=O) groups is 2. The van der Waals surface area contributed by atoms with E-state index in [1.807, 2.05) is 18.4 Å². The number of carbonyl (C=O) groups excluding carboxylic acids is 2. The fourth-order valence-corrected chi connectivity index (χ4v) is 1.74. The van der Waals surface area contributed by atoms with Gasteiger partial charge in [-0.1, -0.05) is 13.8 Å². The van der Waals surface area contributed by atoms with Crippen LogP contribution in [-0.2, 0) is 20.9 Å². The molecule has 6 nitrogen and oxygen atoms in total. The molecule has 0 radical (unpaired) electrons. The van der Waals surface area contributed by atoms with Crippen molar-refractivity contribution >= 4 is 11.9 Å². The number of aromatic nitrogens is 2. The minimum atomic E-state index is -0.695. The van der Waals surface area contributed by atoms with E-state index in [0.717, 1.165) is 5.82 Å². The van der Waals surface area contributed by atoms with E-state index in [9.17, 15) is 9.59 Å². The van der Waals surface area contributed by atoms with Crippen molar-refractivity contribution in [2.75, 3.05) is 7.11 Å². The molecule has 1 N–H and O–H groups in total. The van der Waals surface area contributed by atoms with Crippen molar-refractivity contribution in [3.05, 3.63) is 18.2 Å². The quantitative estimate of drug-likeness (QED) is 0.783. The lowest BCUT2D eigenvalue weighted by Crippen LogP contribution is -2.43. The monoisotopic (exact) mass is 253 g/mol. The zero-order valence-corrected chi connectivity index (χ0v) is 11.1. The molecule has 100 valence electrons. The van der Waals surface area contributed by atoms with Crippen LogP contribution in [0.1, 0.15) is 32.5 Å². The number of hydrogen-bond acceptors (Lipinski definition) is 4. The Morgan fingerprint density at radius 1 is 1.50 bits per heavy atom. The standard InChI is InChI=1S/C12H19N3O3/c1-8(2)11-13-5-6-15(11)7-10(12(17)18-4)14-9(3)16/h5-6,8,10H,7H2,1-4H3,(H,14,16). The molecule has 18 heavy (non-hydrogen) atoms. The summed E-state index contributed by atoms with van der Waals surface area (Å²) < 4.78 is 6.52. The first-order valence-electron chi connectivity index (χ1n) is 5.81. The van der Waals surface area contributed by atoms with Crippen molar-refractivity contribution in [2.45, 2.75) is 39.3 Å². The van der Waals surface area contributed by atoms with E-state index in [0.29, 0.717) is 6.54 Å². The molecule has 0 aliphatic heterocycles. The predicted octanol–water partition coefficient (Wildman–Crippen LogP) is 0.684. The molecular weight excluding hydrogens is 234 g/mol. The molecule has 1 aromatic heterocycles. The maximum atomic E-state index is 11.6. The van der Waals surface area contributed by atoms with E-state index in [-0.39, 0.29) is 11.8 Å². The number of esters is 1. The second-order valence-corrected chi connectivity index (χ2v) is 4.37. The van der Waals surface area contributed by atoms with Gasteiger partial charge in [0.05, 0.1) is 13.7 Å². The Hall–Kier alpha value is -1.85. The van der Waals surface area contributed by atoms with Gasteiger partial charge in [0.25, 0.3) is 0 Å². The zero-order valence-electron chi connectivity index (χ0n) is 11.1. The van der Waals surface area contributed by atoms with Crippen LogP contribution in [0.25, 0.3) is 0 Å². The van der Waals surface area contributed by atoms with Gasteiger partial charge in [-0.3, -0.25) is 4.79 Å². The minimum Gasteiger partial charge on any atom is -0.467 e. The van der Waals surface area contributed by atoms with Gasteiger partial charge in [-0.05, 0) is 0 Å². The molecule has 1 atom stereocenters. The van der Waals surface area contributed by atoms with Gasteiger partial charge in [0.1, 0.15) is 11.9 Å². The van der Waals surface area contributed by atoms with Gasteiger partial charge in [0, 0.05) is 25.2 Å². The number of nitrogens with one attached hydrogen (secondary N) is 1. The number of amides is 1. The fraction of sp³-hybridized carbons (Fsp3) is 0.583. The lowest BCUT2D eigenvalue weighted by Gasteiger charge is -2.18. The summed E-state index contributed by atoms with van der Waals surface area (Å²) in [6.07, 6.45) is 3.46. The topological polar surface area (TPSA) is 73.2 Å². The normalized spacial score (nSPS) is 12.3. The second kappa shape index (κ2) is 6.18. The molecule has 0 fully saturated rings. The summed E-state index contributed by atoms with van der Waals surface area (Å²) in [6, 6.07) is -0.695. The third kappa shape index (κ3) is 3.58. The van der Waals surface area contributed by atoms with Crippen molar-refractivity contribution in [1.29, 1.82) is 0 Å². The molecule has 1 amide bonds. The third-order valence-electron chi connectivity index (χ3n) is 2.51. The van der Waals surface area contributed by atoms with Crippen LogP contribution >= 0.6 is 0 Å². The number of ether oxygens (including phenoxy) is 1. The van der Waals surface area contributed by atoms with Crippen molar-refractivity contribution in [3.8, 4) is 0 Å². The molecule has 0 aromatic carbocycles. The highest BCUT2D eigenvalue weighted by Gasteiger charge is 2.22. The number of nitrogens with zero attached hydrogens (tertiary/aromatic N) is 2. The number of hydrogen-bond donors (Lipinski definition) is 1. The SMILES string of the molecule is COC(=O)C(Cn1ccnc1C(C)C)NC(C)=O. The molecular formula is C12H19N3O3. The maximum Gasteiger partial charge on any atom is 0.330 e. The lowest BCUT2D eigenvalue weighted by molar-refractivity contribution is -0.145. The molecule has 0 aliphatic carbocycles. The molecule has 0 spiro atoms. The minimum absolute atomic E-state index is 0.246. The summed E-state index contributed by atoms with van der Waals surface area (Å²) in [6.45, 7) is 5.72. The van der Waals surface area contributed by atoms with E-state index in [1.54, 1.807) is 12.4 Å². The summed E-state index contributed by atoms with van der Waals surface area (Å²) >= 11 is 0. The van der Waals surface area contributed by atoms with Gasteiger partial charge in [-0.15, -0.1) is 0 Å². The van der Waals surface area contributed by atoms with Gasteiger partial charge < -0.3 is 14.6 Å². The highest BCUT2D eigenvalue weighted by atomic mass is 16.5. The number of methoxy groups -OCH3 is 1. The van der Waals surface area contributed by atoms with Crippen molar-refractivity contribution in [1.82, 2.24) is 14.9 Å². The summed E-state index contributed by atoms with van der Waals surface area (Å²) in [5.74, 6) is 0.384. The van der Waals surface area contributed by atoms with E-state index in [1.165, 1.54) is 14.0 Å². The Morgan fingerprint density at radius 3 is 2.67 bits per heavy atom. The molecule has 0 bridgehead atoms. The fourth-order valence-electron chi connectivity index (χ4n) is 1.74. The Morgan fingerprint density at radius 2 is 2.17 bits per heavy atom. The summed E-state index contributed by atoms with van der Waals surface area (Å²) in [4.78, 5) is 26.9. The molecule has 0 saturated heterocycles. The average Bonchev–Trinajstić information content (AvgIpc) is 2.74. The van der Waals surface area contributed by atoms with Crippen LogP contribution in [0.2, 0.25) is 0 Å². The van der Waals surface area contributed by atoms with Crippen LogP contribution in [0.15, 0.2) is 12.4 Å². The summed E-state index contributed by atoms with van der Waals surface area (Å²) in [7, 11) is 1.30. The highest BCUT2D eigenvalue weighted by molar-refractivity contribution is 5.83. The molecule has 1 heterocycles. The number of imidazole rings is 1. The molecule has 0 aliphatic rings. The predicted molar refractivity (Wildman–Crippen MR) is 65.9 cm³/mol. The van der Waals surface area contributed by atoms with Crippen LogP contribution in [0.4, 0.5) is 0 Å². The van der Waals surface area contributed by atoms with Crippen LogP contribution in [0, 0.1) is 0 Å². The first-order chi connectivity index (χ1) is 8.45. The van der Waals surface area contributed by atoms with E-state index in [2.05, 4.69) is 15.0 Å². The first kappa shape index (κ1) is 14.2. The van der Waals surface area contributed by atoms with E-state index < -0.39 is 12.0 Å². The van der Waals surface area contributed by atoms with Gasteiger partial charge >= 0.3 is 5.97 Å². The van der Waals surface area contributed by atoms with Crippen molar-refractivity contribution in [3.63, 3.8) is 0 Å². The molecule has 1 rings (SSSR count). The molecule has 1 aromatic rings. The summed E-state index contributed by atoms with van der Waals surface area (Å²) in [5.41, 5.74) is 0. The van der Waals surface area contributed by atoms with E-state index in [4.69, 9.17) is 0 Å². The molecule has 1 unspecified atom stereocenters.